The first-order valence-electron chi connectivity index (χ1n) is 11.4. The second-order valence-corrected chi connectivity index (χ2v) is 11.6. The van der Waals surface area contributed by atoms with Crippen molar-refractivity contribution in [3.05, 3.63) is 88.1 Å². The number of methoxy groups -OCH3 is 2. The Bertz CT molecular complexity index is 1490. The van der Waals surface area contributed by atoms with Gasteiger partial charge in [-0.1, -0.05) is 35.3 Å². The highest BCUT2D eigenvalue weighted by molar-refractivity contribution is 7.91. The van der Waals surface area contributed by atoms with Crippen LogP contribution in [0.2, 0.25) is 10.0 Å². The molecular weight excluding hydrogens is 535 g/mol. The number of halogens is 2. The highest BCUT2D eigenvalue weighted by Gasteiger charge is 2.34. The van der Waals surface area contributed by atoms with Crippen LogP contribution in [0.15, 0.2) is 60.9 Å². The van der Waals surface area contributed by atoms with Gasteiger partial charge in [0.2, 0.25) is 5.88 Å². The van der Waals surface area contributed by atoms with E-state index in [0.29, 0.717) is 44.5 Å². The molecule has 194 valence electrons. The third-order valence-corrected chi connectivity index (χ3v) is 8.66. The van der Waals surface area contributed by atoms with Crippen molar-refractivity contribution < 1.29 is 17.9 Å². The highest BCUT2D eigenvalue weighted by Crippen LogP contribution is 2.36. The summed E-state index contributed by atoms with van der Waals surface area (Å²) in [7, 11) is -0.808. The minimum Gasteiger partial charge on any atom is -0.481 e. The molecule has 0 bridgehead atoms. The largest absolute Gasteiger partial charge is 0.481 e. The van der Waals surface area contributed by atoms with E-state index in [0.717, 1.165) is 5.56 Å². The van der Waals surface area contributed by atoms with Gasteiger partial charge < -0.3 is 14.0 Å². The molecule has 3 aromatic heterocycles. The number of aryl methyl sites for hydroxylation is 1. The Kier molecular flexibility index (Phi) is 8.18. The van der Waals surface area contributed by atoms with E-state index in [9.17, 15) is 8.42 Å². The lowest BCUT2D eigenvalue weighted by atomic mass is 10.2. The molecule has 0 spiro atoms. The number of para-hydroxylation sites is 1. The molecule has 0 radical (unpaired) electrons. The minimum absolute atomic E-state index is 0.301. The summed E-state index contributed by atoms with van der Waals surface area (Å²) in [6.45, 7) is 3.45. The van der Waals surface area contributed by atoms with Gasteiger partial charge >= 0.3 is 0 Å². The Morgan fingerprint density at radius 1 is 0.973 bits per heavy atom. The maximum Gasteiger partial charge on any atom is 0.213 e. The van der Waals surface area contributed by atoms with E-state index in [2.05, 4.69) is 15.0 Å². The molecule has 0 unspecified atom stereocenters. The third kappa shape index (κ3) is 5.65. The van der Waals surface area contributed by atoms with Gasteiger partial charge in [-0.05, 0) is 49.7 Å². The van der Waals surface area contributed by atoms with Crippen molar-refractivity contribution in [3.8, 4) is 23.0 Å². The summed E-state index contributed by atoms with van der Waals surface area (Å²) >= 11 is 13.1. The molecule has 0 aliphatic rings. The monoisotopic (exact) mass is 560 g/mol. The second kappa shape index (κ2) is 11.2. The SMILES string of the molecule is COc1cccc(-c2ccc(CS(=O)(=O)[C@@H](C)[C@H](OC)c3ncc(C)cn3)n2-c2c(Cl)cccc2Cl)n1. The zero-order valence-electron chi connectivity index (χ0n) is 20.7. The number of hydrogen-bond donors (Lipinski definition) is 0. The summed E-state index contributed by atoms with van der Waals surface area (Å²) in [4.78, 5) is 13.1. The maximum atomic E-state index is 13.7. The van der Waals surface area contributed by atoms with Crippen LogP contribution in [0, 0.1) is 6.92 Å². The van der Waals surface area contributed by atoms with Gasteiger partial charge in [-0.3, -0.25) is 0 Å². The van der Waals surface area contributed by atoms with Crippen LogP contribution in [-0.2, 0) is 20.3 Å². The molecule has 0 saturated carbocycles. The summed E-state index contributed by atoms with van der Waals surface area (Å²) in [5.74, 6) is 0.403. The van der Waals surface area contributed by atoms with Crippen LogP contribution >= 0.6 is 23.2 Å². The van der Waals surface area contributed by atoms with Crippen molar-refractivity contribution in [3.63, 3.8) is 0 Å². The fraction of sp³-hybridized carbons (Fsp3) is 0.269. The maximum absolute atomic E-state index is 13.7. The van der Waals surface area contributed by atoms with Crippen molar-refractivity contribution in [1.82, 2.24) is 19.5 Å². The van der Waals surface area contributed by atoms with E-state index < -0.39 is 21.2 Å². The lowest BCUT2D eigenvalue weighted by Crippen LogP contribution is -2.30. The molecule has 0 aliphatic carbocycles. The average molecular weight is 561 g/mol. The second-order valence-electron chi connectivity index (χ2n) is 8.47. The lowest BCUT2D eigenvalue weighted by molar-refractivity contribution is 0.0947. The number of aromatic nitrogens is 4. The van der Waals surface area contributed by atoms with E-state index >= 15 is 0 Å². The van der Waals surface area contributed by atoms with Gasteiger partial charge in [-0.2, -0.15) is 0 Å². The number of hydrogen-bond acceptors (Lipinski definition) is 7. The van der Waals surface area contributed by atoms with Gasteiger partial charge in [-0.15, -0.1) is 0 Å². The fourth-order valence-electron chi connectivity index (χ4n) is 4.01. The topological polar surface area (TPSA) is 96.2 Å². The summed E-state index contributed by atoms with van der Waals surface area (Å²) in [6.07, 6.45) is 2.41. The Hall–Kier alpha value is -2.98. The Balaban J connectivity index is 1.81. The number of nitrogens with zero attached hydrogens (tertiary/aromatic N) is 4. The van der Waals surface area contributed by atoms with Crippen molar-refractivity contribution in [1.29, 1.82) is 0 Å². The van der Waals surface area contributed by atoms with Crippen LogP contribution in [0.1, 0.15) is 30.1 Å². The summed E-state index contributed by atoms with van der Waals surface area (Å²) in [5, 5.41) is -0.214. The van der Waals surface area contributed by atoms with Crippen LogP contribution in [0.4, 0.5) is 0 Å². The molecule has 4 aromatic rings. The first-order chi connectivity index (χ1) is 17.7. The molecule has 0 amide bonds. The van der Waals surface area contributed by atoms with Crippen LogP contribution in [-0.4, -0.2) is 47.4 Å². The Morgan fingerprint density at radius 2 is 1.62 bits per heavy atom. The van der Waals surface area contributed by atoms with Gasteiger partial charge in [0.1, 0.15) is 6.10 Å². The predicted molar refractivity (Wildman–Crippen MR) is 144 cm³/mol. The van der Waals surface area contributed by atoms with Crippen molar-refractivity contribution in [2.24, 2.45) is 0 Å². The van der Waals surface area contributed by atoms with E-state index in [4.69, 9.17) is 32.7 Å². The van der Waals surface area contributed by atoms with Crippen LogP contribution in [0.5, 0.6) is 5.88 Å². The molecule has 0 N–H and O–H groups in total. The fourth-order valence-corrected chi connectivity index (χ4v) is 6.09. The molecule has 0 fully saturated rings. The minimum atomic E-state index is -3.78. The number of benzene rings is 1. The molecule has 11 heteroatoms. The summed E-state index contributed by atoms with van der Waals surface area (Å²) < 4.78 is 39.9. The van der Waals surface area contributed by atoms with Gasteiger partial charge in [0.15, 0.2) is 15.7 Å². The number of rotatable bonds is 9. The smallest absolute Gasteiger partial charge is 0.213 e. The molecule has 0 saturated heterocycles. The highest BCUT2D eigenvalue weighted by atomic mass is 35.5. The van der Waals surface area contributed by atoms with Gasteiger partial charge in [0, 0.05) is 31.3 Å². The standard InChI is InChI=1S/C26H26Cl2N4O4S/c1-16-13-29-26(30-14-16)25(36-4)17(2)37(33,34)15-18-11-12-22(21-9-6-10-23(31-21)35-3)32(18)24-19(27)7-5-8-20(24)28/h5-14,17,25H,15H2,1-4H3/t17-,25-/m0/s1. The van der Waals surface area contributed by atoms with E-state index in [1.165, 1.54) is 14.2 Å². The van der Waals surface area contributed by atoms with E-state index in [-0.39, 0.29) is 5.75 Å². The van der Waals surface area contributed by atoms with Gasteiger partial charge in [0.05, 0.1) is 45.2 Å². The molecule has 1 aromatic carbocycles. The van der Waals surface area contributed by atoms with Gasteiger partial charge in [-0.25, -0.2) is 23.4 Å². The van der Waals surface area contributed by atoms with Crippen LogP contribution < -0.4 is 4.74 Å². The first kappa shape index (κ1) is 27.1. The number of pyridine rings is 1. The molecule has 0 aliphatic heterocycles. The van der Waals surface area contributed by atoms with Crippen LogP contribution in [0.25, 0.3) is 17.1 Å². The first-order valence-corrected chi connectivity index (χ1v) is 13.8. The predicted octanol–water partition coefficient (Wildman–Crippen LogP) is 5.64. The Morgan fingerprint density at radius 3 is 2.24 bits per heavy atom. The molecule has 2 atom stereocenters. The van der Waals surface area contributed by atoms with Crippen molar-refractivity contribution >= 4 is 33.0 Å². The van der Waals surface area contributed by atoms with Crippen molar-refractivity contribution in [2.45, 2.75) is 31.0 Å². The number of sulfone groups is 1. The molecule has 8 nitrogen and oxygen atoms in total. The summed E-state index contributed by atoms with van der Waals surface area (Å²) in [5.41, 5.74) is 2.95. The van der Waals surface area contributed by atoms with Crippen molar-refractivity contribution in [2.75, 3.05) is 14.2 Å². The summed E-state index contributed by atoms with van der Waals surface area (Å²) in [6, 6.07) is 14.0. The molecular formula is C26H26Cl2N4O4S. The van der Waals surface area contributed by atoms with E-state index in [1.807, 2.05) is 6.92 Å². The third-order valence-electron chi connectivity index (χ3n) is 5.97. The zero-order valence-corrected chi connectivity index (χ0v) is 23.0. The number of ether oxygens (including phenoxy) is 2. The molecule has 4 rings (SSSR count). The van der Waals surface area contributed by atoms with E-state index in [1.54, 1.807) is 72.4 Å². The normalized spacial score (nSPS) is 13.4. The van der Waals surface area contributed by atoms with Gasteiger partial charge in [0.25, 0.3) is 0 Å². The van der Waals surface area contributed by atoms with Crippen LogP contribution in [0.3, 0.4) is 0 Å². The zero-order chi connectivity index (χ0) is 26.7. The Labute approximate surface area is 226 Å². The average Bonchev–Trinajstić information content (AvgIpc) is 3.27. The lowest BCUT2D eigenvalue weighted by Gasteiger charge is -2.23. The molecule has 3 heterocycles. The molecule has 37 heavy (non-hydrogen) atoms. The quantitative estimate of drug-likeness (QED) is 0.261.